The molecule has 10 heteroatoms. The van der Waals surface area contributed by atoms with Crippen LogP contribution in [0.2, 0.25) is 0 Å². The number of rotatable bonds is 38. The van der Waals surface area contributed by atoms with Gasteiger partial charge in [0.2, 0.25) is 0 Å². The highest BCUT2D eigenvalue weighted by molar-refractivity contribution is 7.47. The average Bonchev–Trinajstić information content (AvgIpc) is 3.11. The van der Waals surface area contributed by atoms with Gasteiger partial charge in [-0.3, -0.25) is 18.6 Å². The Morgan fingerprint density at radius 2 is 1.04 bits per heavy atom. The van der Waals surface area contributed by atoms with Gasteiger partial charge in [0.25, 0.3) is 0 Å². The number of ether oxygens (including phenoxy) is 2. The summed E-state index contributed by atoms with van der Waals surface area (Å²) < 4.78 is 32.7. The molecule has 0 aliphatic heterocycles. The van der Waals surface area contributed by atoms with Gasteiger partial charge < -0.3 is 20.1 Å². The van der Waals surface area contributed by atoms with Crippen molar-refractivity contribution in [1.82, 2.24) is 0 Å². The van der Waals surface area contributed by atoms with Crippen molar-refractivity contribution in [2.75, 3.05) is 26.4 Å². The highest BCUT2D eigenvalue weighted by Gasteiger charge is 2.26. The monoisotopic (exact) mass is 742 g/mol. The first-order valence-electron chi connectivity index (χ1n) is 20.5. The molecule has 0 saturated heterocycles. The van der Waals surface area contributed by atoms with E-state index in [9.17, 15) is 19.0 Å². The topological polar surface area (TPSA) is 134 Å². The summed E-state index contributed by atoms with van der Waals surface area (Å²) in [7, 11) is -4.38. The molecule has 51 heavy (non-hydrogen) atoms. The van der Waals surface area contributed by atoms with Crippen molar-refractivity contribution in [1.29, 1.82) is 0 Å². The van der Waals surface area contributed by atoms with Crippen LogP contribution in [0.1, 0.15) is 181 Å². The number of carbonyl (C=O) groups is 2. The maximum atomic E-state index is 12.5. The number of hydrogen-bond donors (Lipinski definition) is 2. The summed E-state index contributed by atoms with van der Waals surface area (Å²) in [5.74, 6) is -0.847. The molecule has 0 rings (SSSR count). The van der Waals surface area contributed by atoms with E-state index in [1.165, 1.54) is 83.5 Å². The molecular weight excluding hydrogens is 665 g/mol. The third-order valence-electron chi connectivity index (χ3n) is 8.50. The molecule has 0 bridgehead atoms. The van der Waals surface area contributed by atoms with E-state index in [2.05, 4.69) is 50.3 Å². The molecule has 0 amide bonds. The van der Waals surface area contributed by atoms with Crippen LogP contribution in [0.4, 0.5) is 0 Å². The Bertz CT molecular complexity index is 939. The molecule has 0 aliphatic carbocycles. The number of phosphoric acid groups is 1. The Morgan fingerprint density at radius 1 is 0.588 bits per heavy atom. The van der Waals surface area contributed by atoms with Gasteiger partial charge in [-0.05, 0) is 64.2 Å². The quantitative estimate of drug-likeness (QED) is 0.0274. The fourth-order valence-corrected chi connectivity index (χ4v) is 6.17. The van der Waals surface area contributed by atoms with Crippen molar-refractivity contribution < 1.29 is 37.6 Å². The Kier molecular flexibility index (Phi) is 36.7. The second kappa shape index (κ2) is 38.0. The fourth-order valence-electron chi connectivity index (χ4n) is 5.41. The Morgan fingerprint density at radius 3 is 1.57 bits per heavy atom. The van der Waals surface area contributed by atoms with Gasteiger partial charge in [0.05, 0.1) is 13.2 Å². The van der Waals surface area contributed by atoms with Crippen molar-refractivity contribution >= 4 is 19.8 Å². The standard InChI is InChI=1S/C41H76NO8P/c1-3-5-7-9-11-13-15-17-19-21-23-25-27-29-31-33-40(43)47-37-39(38-49-51(45,46)48-36-35-42)50-41(44)34-32-30-28-26-24-22-20-18-16-14-12-10-8-6-4-2/h10-13,17,19,39H,3-9,14-16,18,20-38,42H2,1-2H3,(H,45,46)/b12-10+,13-11+,19-17+/t39-/m1/s1. The molecule has 0 aliphatic rings. The number of esters is 2. The maximum Gasteiger partial charge on any atom is 0.472 e. The van der Waals surface area contributed by atoms with Crippen LogP contribution in [0, 0.1) is 0 Å². The summed E-state index contributed by atoms with van der Waals surface area (Å²) in [5.41, 5.74) is 5.34. The SMILES string of the molecule is CCCC/C=C/CCCCCCCCCCCC(=O)O[C@H](COC(=O)CCCCCCC/C=C/C/C=C/CCCCC)COP(=O)(O)OCCN. The smallest absolute Gasteiger partial charge is 0.462 e. The zero-order chi connectivity index (χ0) is 37.5. The van der Waals surface area contributed by atoms with Crippen LogP contribution in [-0.2, 0) is 32.7 Å². The van der Waals surface area contributed by atoms with Crippen LogP contribution >= 0.6 is 7.82 Å². The molecule has 298 valence electrons. The minimum atomic E-state index is -4.38. The summed E-state index contributed by atoms with van der Waals surface area (Å²) in [6.45, 7) is 3.65. The van der Waals surface area contributed by atoms with Crippen LogP contribution < -0.4 is 5.73 Å². The van der Waals surface area contributed by atoms with E-state index >= 15 is 0 Å². The van der Waals surface area contributed by atoms with Crippen LogP contribution in [-0.4, -0.2) is 49.3 Å². The Labute approximate surface area is 312 Å². The van der Waals surface area contributed by atoms with Gasteiger partial charge in [-0.2, -0.15) is 0 Å². The molecule has 0 radical (unpaired) electrons. The lowest BCUT2D eigenvalue weighted by atomic mass is 10.1. The van der Waals surface area contributed by atoms with Gasteiger partial charge >= 0.3 is 19.8 Å². The Balaban J connectivity index is 4.21. The number of phosphoric ester groups is 1. The third-order valence-corrected chi connectivity index (χ3v) is 9.48. The summed E-state index contributed by atoms with van der Waals surface area (Å²) in [6, 6.07) is 0. The third kappa shape index (κ3) is 37.8. The molecule has 2 atom stereocenters. The summed E-state index contributed by atoms with van der Waals surface area (Å²) in [5, 5.41) is 0. The van der Waals surface area contributed by atoms with Crippen molar-refractivity contribution in [3.05, 3.63) is 36.5 Å². The lowest BCUT2D eigenvalue weighted by molar-refractivity contribution is -0.161. The molecule has 1 unspecified atom stereocenters. The van der Waals surface area contributed by atoms with Crippen LogP contribution in [0.3, 0.4) is 0 Å². The number of carbonyl (C=O) groups excluding carboxylic acids is 2. The van der Waals surface area contributed by atoms with E-state index in [1.54, 1.807) is 0 Å². The maximum absolute atomic E-state index is 12.5. The molecule has 3 N–H and O–H groups in total. The van der Waals surface area contributed by atoms with Gasteiger partial charge in [0, 0.05) is 19.4 Å². The second-order valence-corrected chi connectivity index (χ2v) is 14.9. The van der Waals surface area contributed by atoms with Crippen LogP contribution in [0.25, 0.3) is 0 Å². The molecule has 0 aromatic carbocycles. The normalized spacial score (nSPS) is 13.7. The van der Waals surface area contributed by atoms with E-state index < -0.39 is 32.5 Å². The highest BCUT2D eigenvalue weighted by atomic mass is 31.2. The zero-order valence-electron chi connectivity index (χ0n) is 32.6. The summed E-state index contributed by atoms with van der Waals surface area (Å²) in [6.07, 6.45) is 40.2. The molecule has 0 fully saturated rings. The first kappa shape index (κ1) is 49.2. The predicted molar refractivity (Wildman–Crippen MR) is 210 cm³/mol. The number of allylic oxidation sites excluding steroid dienone is 6. The lowest BCUT2D eigenvalue weighted by Crippen LogP contribution is -2.29. The summed E-state index contributed by atoms with van der Waals surface area (Å²) in [4.78, 5) is 34.8. The molecule has 0 aromatic heterocycles. The minimum absolute atomic E-state index is 0.0508. The lowest BCUT2D eigenvalue weighted by Gasteiger charge is -2.19. The van der Waals surface area contributed by atoms with Crippen molar-refractivity contribution in [2.24, 2.45) is 5.73 Å². The first-order chi connectivity index (χ1) is 24.8. The molecule has 0 heterocycles. The van der Waals surface area contributed by atoms with Crippen molar-refractivity contribution in [3.8, 4) is 0 Å². The van der Waals surface area contributed by atoms with Gasteiger partial charge in [0.1, 0.15) is 6.61 Å². The van der Waals surface area contributed by atoms with Crippen LogP contribution in [0.5, 0.6) is 0 Å². The average molecular weight is 742 g/mol. The van der Waals surface area contributed by atoms with E-state index in [0.29, 0.717) is 12.8 Å². The van der Waals surface area contributed by atoms with Gasteiger partial charge in [-0.1, -0.05) is 140 Å². The van der Waals surface area contributed by atoms with Gasteiger partial charge in [0.15, 0.2) is 6.10 Å². The molecule has 9 nitrogen and oxygen atoms in total. The number of hydrogen-bond acceptors (Lipinski definition) is 8. The molecule has 0 spiro atoms. The Hall–Kier alpha value is -1.77. The van der Waals surface area contributed by atoms with Crippen LogP contribution in [0.15, 0.2) is 36.5 Å². The van der Waals surface area contributed by atoms with Gasteiger partial charge in [-0.25, -0.2) is 4.57 Å². The largest absolute Gasteiger partial charge is 0.472 e. The van der Waals surface area contributed by atoms with Gasteiger partial charge in [-0.15, -0.1) is 0 Å². The highest BCUT2D eigenvalue weighted by Crippen LogP contribution is 2.43. The first-order valence-corrected chi connectivity index (χ1v) is 22.0. The molecule has 0 aromatic rings. The van der Waals surface area contributed by atoms with E-state index in [-0.39, 0.29) is 32.6 Å². The molecular formula is C41H76NO8P. The van der Waals surface area contributed by atoms with E-state index in [1.807, 2.05) is 0 Å². The second-order valence-electron chi connectivity index (χ2n) is 13.5. The minimum Gasteiger partial charge on any atom is -0.462 e. The van der Waals surface area contributed by atoms with Crippen molar-refractivity contribution in [3.63, 3.8) is 0 Å². The number of unbranched alkanes of at least 4 members (excludes halogenated alkanes) is 19. The van der Waals surface area contributed by atoms with Crippen molar-refractivity contribution in [2.45, 2.75) is 187 Å². The van der Waals surface area contributed by atoms with E-state index in [4.69, 9.17) is 24.3 Å². The van der Waals surface area contributed by atoms with E-state index in [0.717, 1.165) is 57.8 Å². The summed E-state index contributed by atoms with van der Waals surface area (Å²) >= 11 is 0. The predicted octanol–water partition coefficient (Wildman–Crippen LogP) is 11.4. The molecule has 0 saturated carbocycles. The number of nitrogens with two attached hydrogens (primary N) is 1. The zero-order valence-corrected chi connectivity index (χ0v) is 33.5. The fraction of sp³-hybridized carbons (Fsp3) is 0.805.